The molecule has 13 heavy (non-hydrogen) atoms. The lowest BCUT2D eigenvalue weighted by Gasteiger charge is -2.22. The van der Waals surface area contributed by atoms with E-state index in [1.165, 1.54) is 32.6 Å². The molecule has 1 unspecified atom stereocenters. The summed E-state index contributed by atoms with van der Waals surface area (Å²) in [5, 5.41) is 3.41. The molecule has 78 valence electrons. The summed E-state index contributed by atoms with van der Waals surface area (Å²) in [6.07, 6.45) is 1.35. The van der Waals surface area contributed by atoms with Crippen molar-refractivity contribution in [2.75, 3.05) is 53.9 Å². The van der Waals surface area contributed by atoms with Crippen molar-refractivity contribution in [3.05, 3.63) is 0 Å². The second-order valence-electron chi connectivity index (χ2n) is 4.42. The van der Waals surface area contributed by atoms with Gasteiger partial charge < -0.3 is 15.1 Å². The van der Waals surface area contributed by atoms with Crippen LogP contribution in [0.4, 0.5) is 0 Å². The molecule has 1 fully saturated rings. The fraction of sp³-hybridized carbons (Fsp3) is 1.00. The van der Waals surface area contributed by atoms with E-state index in [0.29, 0.717) is 0 Å². The first-order chi connectivity index (χ1) is 6.18. The third kappa shape index (κ3) is 4.60. The van der Waals surface area contributed by atoms with E-state index in [0.717, 1.165) is 12.5 Å². The zero-order valence-corrected chi connectivity index (χ0v) is 9.21. The number of hydrogen-bond donors (Lipinski definition) is 1. The fourth-order valence-electron chi connectivity index (χ4n) is 1.77. The summed E-state index contributed by atoms with van der Waals surface area (Å²) in [4.78, 5) is 4.68. The van der Waals surface area contributed by atoms with Gasteiger partial charge >= 0.3 is 0 Å². The van der Waals surface area contributed by atoms with Gasteiger partial charge in [0, 0.05) is 19.6 Å². The molecule has 1 N–H and O–H groups in total. The number of nitrogens with zero attached hydrogens (tertiary/aromatic N) is 2. The minimum Gasteiger partial charge on any atom is -0.316 e. The van der Waals surface area contributed by atoms with Gasteiger partial charge in [-0.05, 0) is 46.6 Å². The van der Waals surface area contributed by atoms with Crippen LogP contribution in [0, 0.1) is 5.92 Å². The minimum absolute atomic E-state index is 0.882. The predicted octanol–water partition coefficient (Wildman–Crippen LogP) is 0.0893. The maximum absolute atomic E-state index is 3.41. The summed E-state index contributed by atoms with van der Waals surface area (Å²) < 4.78 is 0. The van der Waals surface area contributed by atoms with E-state index in [1.54, 1.807) is 0 Å². The highest BCUT2D eigenvalue weighted by Gasteiger charge is 2.15. The van der Waals surface area contributed by atoms with Crippen molar-refractivity contribution in [2.24, 2.45) is 5.92 Å². The van der Waals surface area contributed by atoms with Crippen molar-refractivity contribution in [1.29, 1.82) is 0 Å². The van der Waals surface area contributed by atoms with Crippen LogP contribution in [0.15, 0.2) is 0 Å². The van der Waals surface area contributed by atoms with Crippen LogP contribution >= 0.6 is 0 Å². The Bertz CT molecular complexity index is 130. The Labute approximate surface area is 82.1 Å². The summed E-state index contributed by atoms with van der Waals surface area (Å²) in [5.41, 5.74) is 0. The highest BCUT2D eigenvalue weighted by molar-refractivity contribution is 4.73. The van der Waals surface area contributed by atoms with Gasteiger partial charge in [0.1, 0.15) is 0 Å². The molecule has 3 heteroatoms. The normalized spacial score (nSPS) is 23.3. The van der Waals surface area contributed by atoms with Gasteiger partial charge in [0.15, 0.2) is 0 Å². The first kappa shape index (κ1) is 11.0. The van der Waals surface area contributed by atoms with E-state index in [2.05, 4.69) is 36.3 Å². The lowest BCUT2D eigenvalue weighted by molar-refractivity contribution is 0.252. The highest BCUT2D eigenvalue weighted by atomic mass is 15.2. The average Bonchev–Trinajstić information content (AvgIpc) is 2.53. The van der Waals surface area contributed by atoms with Gasteiger partial charge in [-0.15, -0.1) is 0 Å². The number of likely N-dealkylation sites (N-methyl/N-ethyl adjacent to an activating group) is 2. The third-order valence-electron chi connectivity index (χ3n) is 2.66. The molecule has 1 aliphatic heterocycles. The van der Waals surface area contributed by atoms with Crippen LogP contribution in [-0.4, -0.2) is 63.7 Å². The van der Waals surface area contributed by atoms with Gasteiger partial charge in [0.05, 0.1) is 0 Å². The van der Waals surface area contributed by atoms with Crippen LogP contribution in [0.2, 0.25) is 0 Å². The minimum atomic E-state index is 0.882. The van der Waals surface area contributed by atoms with Crippen molar-refractivity contribution < 1.29 is 0 Å². The fourth-order valence-corrected chi connectivity index (χ4v) is 1.77. The molecule has 0 amide bonds. The summed E-state index contributed by atoms with van der Waals surface area (Å²) >= 11 is 0. The van der Waals surface area contributed by atoms with Crippen molar-refractivity contribution in [2.45, 2.75) is 6.42 Å². The van der Waals surface area contributed by atoms with Crippen molar-refractivity contribution in [1.82, 2.24) is 15.1 Å². The Morgan fingerprint density at radius 2 is 2.00 bits per heavy atom. The summed E-state index contributed by atoms with van der Waals surface area (Å²) in [6.45, 7) is 6.03. The van der Waals surface area contributed by atoms with Crippen molar-refractivity contribution in [3.8, 4) is 0 Å². The van der Waals surface area contributed by atoms with E-state index in [-0.39, 0.29) is 0 Å². The molecule has 1 atom stereocenters. The number of rotatable bonds is 5. The van der Waals surface area contributed by atoms with E-state index >= 15 is 0 Å². The SMILES string of the molecule is CN(C)CCN(C)CC1CCNC1. The molecule has 1 heterocycles. The second-order valence-corrected chi connectivity index (χ2v) is 4.42. The summed E-state index contributed by atoms with van der Waals surface area (Å²) in [6, 6.07) is 0. The Kier molecular flexibility index (Phi) is 4.70. The Hall–Kier alpha value is -0.120. The quantitative estimate of drug-likeness (QED) is 0.655. The highest BCUT2D eigenvalue weighted by Crippen LogP contribution is 2.08. The molecule has 0 aromatic heterocycles. The first-order valence-electron chi connectivity index (χ1n) is 5.22. The van der Waals surface area contributed by atoms with Crippen LogP contribution in [0.5, 0.6) is 0 Å². The van der Waals surface area contributed by atoms with Gasteiger partial charge in [0.2, 0.25) is 0 Å². The standard InChI is InChI=1S/C10H23N3/c1-12(2)6-7-13(3)9-10-4-5-11-8-10/h10-11H,4-9H2,1-3H3. The molecule has 0 radical (unpaired) electrons. The molecular weight excluding hydrogens is 162 g/mol. The average molecular weight is 185 g/mol. The molecule has 1 saturated heterocycles. The third-order valence-corrected chi connectivity index (χ3v) is 2.66. The van der Waals surface area contributed by atoms with E-state index in [9.17, 15) is 0 Å². The lowest BCUT2D eigenvalue weighted by atomic mass is 10.1. The maximum atomic E-state index is 3.41. The smallest absolute Gasteiger partial charge is 0.0106 e. The Balaban J connectivity index is 2.05. The van der Waals surface area contributed by atoms with Gasteiger partial charge in [-0.3, -0.25) is 0 Å². The van der Waals surface area contributed by atoms with Crippen molar-refractivity contribution >= 4 is 0 Å². The van der Waals surface area contributed by atoms with Crippen LogP contribution in [0.1, 0.15) is 6.42 Å². The molecule has 0 aliphatic carbocycles. The van der Waals surface area contributed by atoms with E-state index in [1.807, 2.05) is 0 Å². The summed E-state index contributed by atoms with van der Waals surface area (Å²) in [5.74, 6) is 0.882. The topological polar surface area (TPSA) is 18.5 Å². The Morgan fingerprint density at radius 3 is 2.54 bits per heavy atom. The molecular formula is C10H23N3. The first-order valence-corrected chi connectivity index (χ1v) is 5.22. The zero-order valence-electron chi connectivity index (χ0n) is 9.21. The molecule has 3 nitrogen and oxygen atoms in total. The molecule has 0 aromatic carbocycles. The molecule has 0 spiro atoms. The molecule has 0 bridgehead atoms. The molecule has 0 aromatic rings. The summed E-state index contributed by atoms with van der Waals surface area (Å²) in [7, 11) is 6.48. The predicted molar refractivity (Wildman–Crippen MR) is 57.0 cm³/mol. The van der Waals surface area contributed by atoms with Crippen LogP contribution in [0.3, 0.4) is 0 Å². The lowest BCUT2D eigenvalue weighted by Crippen LogP contribution is -2.33. The van der Waals surface area contributed by atoms with E-state index < -0.39 is 0 Å². The zero-order chi connectivity index (χ0) is 9.68. The molecule has 1 aliphatic rings. The van der Waals surface area contributed by atoms with Crippen LogP contribution in [-0.2, 0) is 0 Å². The number of hydrogen-bond acceptors (Lipinski definition) is 3. The maximum Gasteiger partial charge on any atom is 0.0106 e. The molecule has 1 rings (SSSR count). The van der Waals surface area contributed by atoms with Crippen LogP contribution < -0.4 is 5.32 Å². The molecule has 0 saturated carbocycles. The van der Waals surface area contributed by atoms with E-state index in [4.69, 9.17) is 0 Å². The Morgan fingerprint density at radius 1 is 1.23 bits per heavy atom. The number of nitrogens with one attached hydrogen (secondary N) is 1. The van der Waals surface area contributed by atoms with Gasteiger partial charge in [-0.25, -0.2) is 0 Å². The van der Waals surface area contributed by atoms with Gasteiger partial charge in [-0.2, -0.15) is 0 Å². The largest absolute Gasteiger partial charge is 0.316 e. The second kappa shape index (κ2) is 5.58. The van der Waals surface area contributed by atoms with Gasteiger partial charge in [0.25, 0.3) is 0 Å². The van der Waals surface area contributed by atoms with Crippen LogP contribution in [0.25, 0.3) is 0 Å². The van der Waals surface area contributed by atoms with Gasteiger partial charge in [-0.1, -0.05) is 0 Å². The van der Waals surface area contributed by atoms with Crippen molar-refractivity contribution in [3.63, 3.8) is 0 Å². The monoisotopic (exact) mass is 185 g/mol.